The second-order valence-electron chi connectivity index (χ2n) is 6.50. The maximum atomic E-state index is 13.3. The summed E-state index contributed by atoms with van der Waals surface area (Å²) in [5.41, 5.74) is 1.42. The molecular formula is C21H23FN2O4S. The average Bonchev–Trinajstić information content (AvgIpc) is 3.32. The first kappa shape index (κ1) is 21.2. The third-order valence-corrected chi connectivity index (χ3v) is 5.50. The fraction of sp³-hybridized carbons (Fsp3) is 0.333. The van der Waals surface area contributed by atoms with Crippen LogP contribution < -0.4 is 0 Å². The first-order valence-corrected chi connectivity index (χ1v) is 10.1. The molecule has 8 heteroatoms. The molecule has 1 aromatic heterocycles. The second-order valence-corrected chi connectivity index (χ2v) is 7.44. The van der Waals surface area contributed by atoms with Crippen molar-refractivity contribution in [2.45, 2.75) is 6.54 Å². The van der Waals surface area contributed by atoms with E-state index in [0.29, 0.717) is 43.1 Å². The molecule has 0 N–H and O–H groups in total. The largest absolute Gasteiger partial charge is 0.383 e. The van der Waals surface area contributed by atoms with Gasteiger partial charge in [0.2, 0.25) is 0 Å². The van der Waals surface area contributed by atoms with Gasteiger partial charge < -0.3 is 14.4 Å². The Bertz CT molecular complexity index is 873. The van der Waals surface area contributed by atoms with Gasteiger partial charge in [0.05, 0.1) is 25.3 Å². The molecule has 2 heterocycles. The van der Waals surface area contributed by atoms with Gasteiger partial charge in [0, 0.05) is 32.2 Å². The summed E-state index contributed by atoms with van der Waals surface area (Å²) in [6.07, 6.45) is 0. The Kier molecular flexibility index (Phi) is 7.13. The fourth-order valence-electron chi connectivity index (χ4n) is 3.15. The molecule has 0 saturated carbocycles. The van der Waals surface area contributed by atoms with E-state index in [1.165, 1.54) is 28.4 Å². The standard InChI is InChI=1S/C21H23FN2O4S/c1-27-11-9-23(10-12-28-2)19-18(17-4-3-13-29-17)20(25)24(21(19)26)14-15-5-7-16(22)8-6-15/h3-8,13H,9-12,14H2,1-2H3. The van der Waals surface area contributed by atoms with Crippen molar-refractivity contribution in [3.63, 3.8) is 0 Å². The Balaban J connectivity index is 1.97. The SMILES string of the molecule is COCCN(CCOC)C1=C(c2cccs2)C(=O)N(Cc2ccc(F)cc2)C1=O. The van der Waals surface area contributed by atoms with Crippen molar-refractivity contribution in [2.24, 2.45) is 0 Å². The number of hydrogen-bond acceptors (Lipinski definition) is 6. The summed E-state index contributed by atoms with van der Waals surface area (Å²) >= 11 is 1.41. The molecule has 0 fully saturated rings. The van der Waals surface area contributed by atoms with E-state index in [4.69, 9.17) is 9.47 Å². The van der Waals surface area contributed by atoms with E-state index < -0.39 is 0 Å². The van der Waals surface area contributed by atoms with Crippen LogP contribution in [0.4, 0.5) is 4.39 Å². The van der Waals surface area contributed by atoms with Crippen molar-refractivity contribution >= 4 is 28.7 Å². The Morgan fingerprint density at radius 1 is 1.00 bits per heavy atom. The van der Waals surface area contributed by atoms with E-state index in [-0.39, 0.29) is 24.2 Å². The second kappa shape index (κ2) is 9.78. The van der Waals surface area contributed by atoms with Crippen LogP contribution in [-0.2, 0) is 25.6 Å². The molecule has 0 aliphatic carbocycles. The van der Waals surface area contributed by atoms with Crippen LogP contribution in [0.25, 0.3) is 5.57 Å². The zero-order chi connectivity index (χ0) is 20.8. The van der Waals surface area contributed by atoms with Crippen LogP contribution in [0.3, 0.4) is 0 Å². The van der Waals surface area contributed by atoms with Gasteiger partial charge in [-0.15, -0.1) is 11.3 Å². The number of benzene rings is 1. The number of halogens is 1. The summed E-state index contributed by atoms with van der Waals surface area (Å²) in [5, 5.41) is 1.87. The number of carbonyl (C=O) groups excluding carboxylic acids is 2. The van der Waals surface area contributed by atoms with Gasteiger partial charge in [-0.2, -0.15) is 0 Å². The third-order valence-electron chi connectivity index (χ3n) is 4.61. The van der Waals surface area contributed by atoms with E-state index in [0.717, 1.165) is 4.88 Å². The highest BCUT2D eigenvalue weighted by Gasteiger charge is 2.41. The number of nitrogens with zero attached hydrogens (tertiary/aromatic N) is 2. The smallest absolute Gasteiger partial charge is 0.278 e. The predicted octanol–water partition coefficient (Wildman–Crippen LogP) is 2.76. The molecule has 29 heavy (non-hydrogen) atoms. The number of thiophene rings is 1. The highest BCUT2D eigenvalue weighted by molar-refractivity contribution is 7.11. The summed E-state index contributed by atoms with van der Waals surface area (Å²) in [5.74, 6) is -1.08. The molecule has 0 saturated heterocycles. The predicted molar refractivity (Wildman–Crippen MR) is 109 cm³/mol. The Hall–Kier alpha value is -2.55. The van der Waals surface area contributed by atoms with Gasteiger partial charge in [-0.1, -0.05) is 18.2 Å². The number of ether oxygens (including phenoxy) is 2. The maximum Gasteiger partial charge on any atom is 0.278 e. The van der Waals surface area contributed by atoms with Gasteiger partial charge in [0.15, 0.2) is 0 Å². The summed E-state index contributed by atoms with van der Waals surface area (Å²) in [7, 11) is 3.18. The molecule has 1 aliphatic rings. The molecule has 6 nitrogen and oxygen atoms in total. The van der Waals surface area contributed by atoms with E-state index >= 15 is 0 Å². The molecule has 0 atom stereocenters. The number of carbonyl (C=O) groups is 2. The molecule has 0 spiro atoms. The summed E-state index contributed by atoms with van der Waals surface area (Å²) in [6, 6.07) is 9.46. The van der Waals surface area contributed by atoms with E-state index in [9.17, 15) is 14.0 Å². The van der Waals surface area contributed by atoms with Gasteiger partial charge in [-0.05, 0) is 29.1 Å². The molecule has 2 amide bonds. The number of amides is 2. The Morgan fingerprint density at radius 3 is 2.21 bits per heavy atom. The number of hydrogen-bond donors (Lipinski definition) is 0. The van der Waals surface area contributed by atoms with E-state index in [1.807, 2.05) is 22.4 Å². The third kappa shape index (κ3) is 4.72. The van der Waals surface area contributed by atoms with E-state index in [2.05, 4.69) is 0 Å². The van der Waals surface area contributed by atoms with Crippen molar-refractivity contribution in [1.82, 2.24) is 9.80 Å². The number of rotatable bonds is 10. The first-order chi connectivity index (χ1) is 14.1. The lowest BCUT2D eigenvalue weighted by Gasteiger charge is -2.25. The van der Waals surface area contributed by atoms with Gasteiger partial charge in [0.1, 0.15) is 11.5 Å². The van der Waals surface area contributed by atoms with Gasteiger partial charge in [0.25, 0.3) is 11.8 Å². The molecule has 3 rings (SSSR count). The van der Waals surface area contributed by atoms with Crippen LogP contribution in [0.5, 0.6) is 0 Å². The van der Waals surface area contributed by atoms with Gasteiger partial charge in [-0.25, -0.2) is 4.39 Å². The summed E-state index contributed by atoms with van der Waals surface area (Å²) < 4.78 is 23.6. The van der Waals surface area contributed by atoms with E-state index in [1.54, 1.807) is 26.4 Å². The molecule has 2 aromatic rings. The molecular weight excluding hydrogens is 395 g/mol. The van der Waals surface area contributed by atoms with Crippen LogP contribution in [0.2, 0.25) is 0 Å². The lowest BCUT2D eigenvalue weighted by atomic mass is 10.1. The molecule has 0 bridgehead atoms. The highest BCUT2D eigenvalue weighted by Crippen LogP contribution is 2.34. The minimum atomic E-state index is -0.366. The quantitative estimate of drug-likeness (QED) is 0.556. The lowest BCUT2D eigenvalue weighted by Crippen LogP contribution is -2.37. The Labute approximate surface area is 173 Å². The fourth-order valence-corrected chi connectivity index (χ4v) is 3.92. The topological polar surface area (TPSA) is 59.1 Å². The van der Waals surface area contributed by atoms with Crippen LogP contribution in [0, 0.1) is 5.82 Å². The van der Waals surface area contributed by atoms with Crippen LogP contribution in [-0.4, -0.2) is 62.1 Å². The zero-order valence-electron chi connectivity index (χ0n) is 16.4. The summed E-state index contributed by atoms with van der Waals surface area (Å²) in [4.78, 5) is 30.3. The molecule has 1 aliphatic heterocycles. The van der Waals surface area contributed by atoms with Gasteiger partial charge in [-0.3, -0.25) is 14.5 Å². The van der Waals surface area contributed by atoms with Crippen molar-refractivity contribution in [3.05, 3.63) is 63.7 Å². The van der Waals surface area contributed by atoms with Crippen molar-refractivity contribution in [3.8, 4) is 0 Å². The van der Waals surface area contributed by atoms with Crippen LogP contribution >= 0.6 is 11.3 Å². The lowest BCUT2D eigenvalue weighted by molar-refractivity contribution is -0.138. The van der Waals surface area contributed by atoms with Crippen LogP contribution in [0.1, 0.15) is 10.4 Å². The monoisotopic (exact) mass is 418 g/mol. The first-order valence-electron chi connectivity index (χ1n) is 9.18. The summed E-state index contributed by atoms with van der Waals surface area (Å²) in [6.45, 7) is 1.80. The molecule has 1 aromatic carbocycles. The number of methoxy groups -OCH3 is 2. The molecule has 154 valence electrons. The normalized spacial score (nSPS) is 14.2. The van der Waals surface area contributed by atoms with Crippen LogP contribution in [0.15, 0.2) is 47.5 Å². The highest BCUT2D eigenvalue weighted by atomic mass is 32.1. The number of imide groups is 1. The Morgan fingerprint density at radius 2 is 1.66 bits per heavy atom. The van der Waals surface area contributed by atoms with Crippen molar-refractivity contribution in [1.29, 1.82) is 0 Å². The van der Waals surface area contributed by atoms with Crippen molar-refractivity contribution in [2.75, 3.05) is 40.5 Å². The zero-order valence-corrected chi connectivity index (χ0v) is 17.2. The minimum Gasteiger partial charge on any atom is -0.383 e. The van der Waals surface area contributed by atoms with Gasteiger partial charge >= 0.3 is 0 Å². The maximum absolute atomic E-state index is 13.3. The minimum absolute atomic E-state index is 0.0821. The van der Waals surface area contributed by atoms with Crippen molar-refractivity contribution < 1.29 is 23.5 Å². The molecule has 0 unspecified atom stereocenters. The molecule has 0 radical (unpaired) electrons. The average molecular weight is 418 g/mol.